The van der Waals surface area contributed by atoms with Crippen molar-refractivity contribution in [1.29, 1.82) is 0 Å². The van der Waals surface area contributed by atoms with E-state index in [9.17, 15) is 13.9 Å². The van der Waals surface area contributed by atoms with Crippen molar-refractivity contribution in [3.8, 4) is 0 Å². The molecule has 0 bridgehead atoms. The van der Waals surface area contributed by atoms with Crippen molar-refractivity contribution >= 4 is 0 Å². The van der Waals surface area contributed by atoms with Gasteiger partial charge in [-0.1, -0.05) is 18.2 Å². The summed E-state index contributed by atoms with van der Waals surface area (Å²) in [6.07, 6.45) is 4.52. The van der Waals surface area contributed by atoms with Crippen LogP contribution in [0.1, 0.15) is 18.4 Å². The van der Waals surface area contributed by atoms with E-state index in [-0.39, 0.29) is 18.7 Å². The standard InChI is InChI=1S/C17H20F2N4O/c1-13-4-6-22(7-5-13)9-17(24,10-23-12-20-11-21-23)15-3-2-14(18)8-16(15)19/h2-3,8,11-12,24H,1,4-7,9-10H2. The number of nitrogens with zero attached hydrogens (tertiary/aromatic N) is 4. The van der Waals surface area contributed by atoms with E-state index in [1.54, 1.807) is 0 Å². The number of hydrogen-bond donors (Lipinski definition) is 1. The number of benzene rings is 1. The number of β-amino-alcohol motifs (C(OH)–C–C–N with tert-alkyl or cyclic N) is 1. The van der Waals surface area contributed by atoms with Crippen molar-refractivity contribution in [3.63, 3.8) is 0 Å². The zero-order chi connectivity index (χ0) is 17.2. The lowest BCUT2D eigenvalue weighted by Crippen LogP contribution is -2.46. The molecule has 1 aromatic heterocycles. The van der Waals surface area contributed by atoms with Gasteiger partial charge in [0.05, 0.1) is 6.54 Å². The molecule has 24 heavy (non-hydrogen) atoms. The van der Waals surface area contributed by atoms with Crippen LogP contribution in [-0.2, 0) is 12.1 Å². The topological polar surface area (TPSA) is 54.2 Å². The summed E-state index contributed by atoms with van der Waals surface area (Å²) in [6, 6.07) is 3.24. The van der Waals surface area contributed by atoms with Crippen LogP contribution in [-0.4, -0.2) is 44.4 Å². The van der Waals surface area contributed by atoms with Gasteiger partial charge in [0.1, 0.15) is 29.9 Å². The molecule has 128 valence electrons. The van der Waals surface area contributed by atoms with Gasteiger partial charge in [0, 0.05) is 31.3 Å². The van der Waals surface area contributed by atoms with Crippen molar-refractivity contribution in [1.82, 2.24) is 19.7 Å². The highest BCUT2D eigenvalue weighted by molar-refractivity contribution is 5.26. The summed E-state index contributed by atoms with van der Waals surface area (Å²) in [6.45, 7) is 5.74. The number of piperidine rings is 1. The highest BCUT2D eigenvalue weighted by Gasteiger charge is 2.36. The summed E-state index contributed by atoms with van der Waals surface area (Å²) >= 11 is 0. The van der Waals surface area contributed by atoms with E-state index in [2.05, 4.69) is 21.6 Å². The van der Waals surface area contributed by atoms with E-state index in [1.165, 1.54) is 29.0 Å². The monoisotopic (exact) mass is 334 g/mol. The number of aliphatic hydroxyl groups is 1. The smallest absolute Gasteiger partial charge is 0.137 e. The minimum absolute atomic E-state index is 0.0347. The number of aromatic nitrogens is 3. The number of likely N-dealkylation sites (tertiary alicyclic amines) is 1. The van der Waals surface area contributed by atoms with Crippen LogP contribution in [0.3, 0.4) is 0 Å². The van der Waals surface area contributed by atoms with Gasteiger partial charge in [0.15, 0.2) is 0 Å². The van der Waals surface area contributed by atoms with Crippen molar-refractivity contribution < 1.29 is 13.9 Å². The Balaban J connectivity index is 1.89. The van der Waals surface area contributed by atoms with Crippen LogP contribution in [0.15, 0.2) is 43.0 Å². The molecule has 0 amide bonds. The van der Waals surface area contributed by atoms with Gasteiger partial charge in [0.25, 0.3) is 0 Å². The predicted octanol–water partition coefficient (Wildman–Crippen LogP) is 2.10. The van der Waals surface area contributed by atoms with E-state index < -0.39 is 17.2 Å². The molecule has 0 radical (unpaired) electrons. The molecule has 1 aliphatic heterocycles. The lowest BCUT2D eigenvalue weighted by Gasteiger charge is -2.37. The molecule has 1 N–H and O–H groups in total. The molecule has 1 saturated heterocycles. The summed E-state index contributed by atoms with van der Waals surface area (Å²) in [4.78, 5) is 5.92. The maximum Gasteiger partial charge on any atom is 0.137 e. The van der Waals surface area contributed by atoms with Gasteiger partial charge >= 0.3 is 0 Å². The zero-order valence-corrected chi connectivity index (χ0v) is 13.3. The fourth-order valence-electron chi connectivity index (χ4n) is 3.07. The van der Waals surface area contributed by atoms with Gasteiger partial charge in [-0.2, -0.15) is 5.10 Å². The Hall–Kier alpha value is -2.12. The van der Waals surface area contributed by atoms with Crippen LogP contribution in [0.2, 0.25) is 0 Å². The molecule has 2 heterocycles. The first-order chi connectivity index (χ1) is 11.5. The molecule has 1 fully saturated rings. The molecule has 1 aromatic carbocycles. The molecule has 7 heteroatoms. The summed E-state index contributed by atoms with van der Waals surface area (Å²) in [7, 11) is 0. The van der Waals surface area contributed by atoms with Crippen molar-refractivity contribution in [2.75, 3.05) is 19.6 Å². The van der Waals surface area contributed by atoms with Crippen LogP contribution in [0.5, 0.6) is 0 Å². The lowest BCUT2D eigenvalue weighted by atomic mass is 9.91. The SMILES string of the molecule is C=C1CCN(CC(O)(Cn2cncn2)c2ccc(F)cc2F)CC1. The Morgan fingerprint density at radius 2 is 1.96 bits per heavy atom. The van der Waals surface area contributed by atoms with Gasteiger partial charge in [0.2, 0.25) is 0 Å². The molecule has 3 rings (SSSR count). The first-order valence-corrected chi connectivity index (χ1v) is 7.86. The molecule has 2 aromatic rings. The lowest BCUT2D eigenvalue weighted by molar-refractivity contribution is -0.0232. The average Bonchev–Trinajstić information content (AvgIpc) is 3.02. The molecule has 5 nitrogen and oxygen atoms in total. The van der Waals surface area contributed by atoms with Crippen LogP contribution >= 0.6 is 0 Å². The second kappa shape index (κ2) is 6.78. The van der Waals surface area contributed by atoms with Crippen molar-refractivity contribution in [2.24, 2.45) is 0 Å². The molecule has 1 unspecified atom stereocenters. The zero-order valence-electron chi connectivity index (χ0n) is 13.3. The third kappa shape index (κ3) is 3.68. The van der Waals surface area contributed by atoms with Crippen LogP contribution in [0, 0.1) is 11.6 Å². The van der Waals surface area contributed by atoms with Crippen molar-refractivity contribution in [3.05, 3.63) is 60.2 Å². The maximum absolute atomic E-state index is 14.3. The van der Waals surface area contributed by atoms with Crippen LogP contribution in [0.25, 0.3) is 0 Å². The van der Waals surface area contributed by atoms with E-state index in [0.29, 0.717) is 0 Å². The largest absolute Gasteiger partial charge is 0.382 e. The van der Waals surface area contributed by atoms with E-state index >= 15 is 0 Å². The third-order valence-corrected chi connectivity index (χ3v) is 4.37. The molecular weight excluding hydrogens is 314 g/mol. The molecular formula is C17H20F2N4O. The van der Waals surface area contributed by atoms with Gasteiger partial charge in [-0.15, -0.1) is 0 Å². The molecule has 0 spiro atoms. The van der Waals surface area contributed by atoms with Gasteiger partial charge in [-0.25, -0.2) is 18.4 Å². The molecule has 1 aliphatic rings. The van der Waals surface area contributed by atoms with Crippen LogP contribution < -0.4 is 0 Å². The summed E-state index contributed by atoms with van der Waals surface area (Å²) < 4.78 is 29.0. The van der Waals surface area contributed by atoms with E-state index in [1.807, 2.05) is 0 Å². The minimum atomic E-state index is -1.54. The van der Waals surface area contributed by atoms with Gasteiger partial charge in [-0.3, -0.25) is 4.90 Å². The second-order valence-electron chi connectivity index (χ2n) is 6.27. The first kappa shape index (κ1) is 16.7. The Bertz CT molecular complexity index is 709. The molecule has 0 saturated carbocycles. The quantitative estimate of drug-likeness (QED) is 0.851. The second-order valence-corrected chi connectivity index (χ2v) is 6.27. The molecule has 1 atom stereocenters. The van der Waals surface area contributed by atoms with E-state index in [4.69, 9.17) is 0 Å². The van der Waals surface area contributed by atoms with Crippen LogP contribution in [0.4, 0.5) is 8.78 Å². The number of hydrogen-bond acceptors (Lipinski definition) is 4. The Morgan fingerprint density at radius 3 is 2.58 bits per heavy atom. The highest BCUT2D eigenvalue weighted by Crippen LogP contribution is 2.29. The van der Waals surface area contributed by atoms with E-state index in [0.717, 1.165) is 38.1 Å². The summed E-state index contributed by atoms with van der Waals surface area (Å²) in [5.41, 5.74) is -0.299. The number of rotatable bonds is 5. The summed E-state index contributed by atoms with van der Waals surface area (Å²) in [5, 5.41) is 15.2. The Labute approximate surface area is 139 Å². The number of halogens is 2. The highest BCUT2D eigenvalue weighted by atomic mass is 19.1. The summed E-state index contributed by atoms with van der Waals surface area (Å²) in [5.74, 6) is -1.44. The fraction of sp³-hybridized carbons (Fsp3) is 0.412. The Kier molecular flexibility index (Phi) is 4.73. The average molecular weight is 334 g/mol. The van der Waals surface area contributed by atoms with Gasteiger partial charge < -0.3 is 5.11 Å². The minimum Gasteiger partial charge on any atom is -0.382 e. The normalized spacial score (nSPS) is 18.5. The first-order valence-electron chi connectivity index (χ1n) is 7.86. The Morgan fingerprint density at radius 1 is 1.21 bits per heavy atom. The molecule has 0 aliphatic carbocycles. The van der Waals surface area contributed by atoms with Crippen molar-refractivity contribution in [2.45, 2.75) is 25.0 Å². The maximum atomic E-state index is 14.3. The van der Waals surface area contributed by atoms with Gasteiger partial charge in [-0.05, 0) is 18.9 Å². The predicted molar refractivity (Wildman–Crippen MR) is 85.1 cm³/mol. The fourth-order valence-corrected chi connectivity index (χ4v) is 3.07. The third-order valence-electron chi connectivity index (χ3n) is 4.37.